The van der Waals surface area contributed by atoms with Crippen molar-refractivity contribution in [2.45, 2.75) is 26.5 Å². The second kappa shape index (κ2) is 8.08. The van der Waals surface area contributed by atoms with Gasteiger partial charge in [0, 0.05) is 43.5 Å². The molecular formula is C26H27N3O2. The Balaban J connectivity index is 1.44. The van der Waals surface area contributed by atoms with E-state index in [1.54, 1.807) is 16.8 Å². The maximum atomic E-state index is 12.8. The SMILES string of the molecule is CCN1CCc2c(n(C)c3cc(-n4ccc(OCc5ccccc5)cc4=O)ccc23)C1. The molecule has 5 heteroatoms. The molecule has 1 aliphatic heterocycles. The van der Waals surface area contributed by atoms with Crippen LogP contribution in [0.2, 0.25) is 0 Å². The van der Waals surface area contributed by atoms with Crippen molar-refractivity contribution in [3.63, 3.8) is 0 Å². The Hall–Kier alpha value is -3.31. The number of pyridine rings is 1. The summed E-state index contributed by atoms with van der Waals surface area (Å²) in [5, 5.41) is 1.30. The fourth-order valence-electron chi connectivity index (χ4n) is 4.52. The summed E-state index contributed by atoms with van der Waals surface area (Å²) in [6, 6.07) is 19.7. The number of ether oxygens (including phenoxy) is 1. The molecule has 0 atom stereocenters. The zero-order valence-corrected chi connectivity index (χ0v) is 18.0. The van der Waals surface area contributed by atoms with Gasteiger partial charge in [-0.05, 0) is 42.3 Å². The van der Waals surface area contributed by atoms with Gasteiger partial charge in [0.25, 0.3) is 5.56 Å². The third-order valence-electron chi connectivity index (χ3n) is 6.34. The Labute approximate surface area is 182 Å². The first-order valence-electron chi connectivity index (χ1n) is 10.9. The number of hydrogen-bond donors (Lipinski definition) is 0. The Morgan fingerprint density at radius 2 is 1.87 bits per heavy atom. The average Bonchev–Trinajstić information content (AvgIpc) is 3.09. The van der Waals surface area contributed by atoms with Gasteiger partial charge in [-0.2, -0.15) is 0 Å². The highest BCUT2D eigenvalue weighted by atomic mass is 16.5. The second-order valence-electron chi connectivity index (χ2n) is 8.15. The van der Waals surface area contributed by atoms with Gasteiger partial charge < -0.3 is 9.30 Å². The van der Waals surface area contributed by atoms with Crippen LogP contribution in [0, 0.1) is 0 Å². The largest absolute Gasteiger partial charge is 0.489 e. The molecule has 0 N–H and O–H groups in total. The van der Waals surface area contributed by atoms with Crippen molar-refractivity contribution >= 4 is 10.9 Å². The zero-order chi connectivity index (χ0) is 21.4. The molecule has 3 heterocycles. The third kappa shape index (κ3) is 3.66. The van der Waals surface area contributed by atoms with E-state index in [0.717, 1.165) is 37.3 Å². The van der Waals surface area contributed by atoms with Crippen LogP contribution in [0.3, 0.4) is 0 Å². The Morgan fingerprint density at radius 1 is 1.03 bits per heavy atom. The van der Waals surface area contributed by atoms with Crippen LogP contribution in [0.15, 0.2) is 71.7 Å². The van der Waals surface area contributed by atoms with Crippen molar-refractivity contribution < 1.29 is 4.74 Å². The lowest BCUT2D eigenvalue weighted by molar-refractivity contribution is 0.262. The summed E-state index contributed by atoms with van der Waals surface area (Å²) in [5.41, 5.74) is 5.87. The number of fused-ring (bicyclic) bond motifs is 3. The van der Waals surface area contributed by atoms with Crippen LogP contribution in [0.4, 0.5) is 0 Å². The summed E-state index contributed by atoms with van der Waals surface area (Å²) in [5.74, 6) is 0.583. The highest BCUT2D eigenvalue weighted by Gasteiger charge is 2.22. The maximum absolute atomic E-state index is 12.8. The van der Waals surface area contributed by atoms with E-state index in [1.807, 2.05) is 42.5 Å². The van der Waals surface area contributed by atoms with Crippen molar-refractivity contribution in [2.75, 3.05) is 13.1 Å². The lowest BCUT2D eigenvalue weighted by atomic mass is 10.0. The summed E-state index contributed by atoms with van der Waals surface area (Å²) in [7, 11) is 2.13. The van der Waals surface area contributed by atoms with Crippen LogP contribution in [0.1, 0.15) is 23.7 Å². The molecule has 4 aromatic rings. The molecule has 0 unspecified atom stereocenters. The monoisotopic (exact) mass is 413 g/mol. The Kier molecular flexibility index (Phi) is 5.12. The second-order valence-corrected chi connectivity index (χ2v) is 8.15. The van der Waals surface area contributed by atoms with Crippen molar-refractivity contribution in [2.24, 2.45) is 7.05 Å². The molecule has 0 bridgehead atoms. The van der Waals surface area contributed by atoms with E-state index >= 15 is 0 Å². The summed E-state index contributed by atoms with van der Waals surface area (Å²) in [4.78, 5) is 15.3. The highest BCUT2D eigenvalue weighted by molar-refractivity contribution is 5.87. The van der Waals surface area contributed by atoms with Gasteiger partial charge in [-0.3, -0.25) is 14.3 Å². The summed E-state index contributed by atoms with van der Waals surface area (Å²) in [6.07, 6.45) is 2.87. The minimum absolute atomic E-state index is 0.0963. The van der Waals surface area contributed by atoms with Gasteiger partial charge in [-0.15, -0.1) is 0 Å². The van der Waals surface area contributed by atoms with Gasteiger partial charge in [-0.25, -0.2) is 0 Å². The van der Waals surface area contributed by atoms with Gasteiger partial charge in [0.2, 0.25) is 0 Å². The van der Waals surface area contributed by atoms with Gasteiger partial charge in [-0.1, -0.05) is 43.3 Å². The van der Waals surface area contributed by atoms with Crippen LogP contribution >= 0.6 is 0 Å². The van der Waals surface area contributed by atoms with Crippen LogP contribution < -0.4 is 10.3 Å². The maximum Gasteiger partial charge on any atom is 0.258 e. The molecule has 0 aliphatic carbocycles. The number of benzene rings is 2. The van der Waals surface area contributed by atoms with E-state index in [0.29, 0.717) is 12.4 Å². The molecule has 2 aromatic heterocycles. The van der Waals surface area contributed by atoms with Crippen LogP contribution in [-0.4, -0.2) is 27.1 Å². The first kappa shape index (κ1) is 19.6. The number of aryl methyl sites for hydroxylation is 1. The topological polar surface area (TPSA) is 39.4 Å². The van der Waals surface area contributed by atoms with E-state index in [-0.39, 0.29) is 5.56 Å². The van der Waals surface area contributed by atoms with E-state index in [2.05, 4.69) is 35.6 Å². The first-order chi connectivity index (χ1) is 15.1. The zero-order valence-electron chi connectivity index (χ0n) is 18.0. The predicted molar refractivity (Wildman–Crippen MR) is 124 cm³/mol. The normalized spacial score (nSPS) is 14.0. The van der Waals surface area contributed by atoms with Gasteiger partial charge in [0.15, 0.2) is 0 Å². The van der Waals surface area contributed by atoms with Crippen molar-refractivity contribution in [1.82, 2.24) is 14.0 Å². The van der Waals surface area contributed by atoms with E-state index in [9.17, 15) is 4.79 Å². The van der Waals surface area contributed by atoms with Crippen molar-refractivity contribution in [3.8, 4) is 11.4 Å². The van der Waals surface area contributed by atoms with E-state index < -0.39 is 0 Å². The van der Waals surface area contributed by atoms with Crippen LogP contribution in [-0.2, 0) is 26.6 Å². The fraction of sp³-hybridized carbons (Fsp3) is 0.269. The summed E-state index contributed by atoms with van der Waals surface area (Å²) < 4.78 is 9.78. The molecule has 0 saturated heterocycles. The van der Waals surface area contributed by atoms with Crippen LogP contribution in [0.5, 0.6) is 5.75 Å². The molecule has 2 aromatic carbocycles. The van der Waals surface area contributed by atoms with Crippen LogP contribution in [0.25, 0.3) is 16.6 Å². The molecule has 158 valence electrons. The molecule has 31 heavy (non-hydrogen) atoms. The smallest absolute Gasteiger partial charge is 0.258 e. The molecule has 1 aliphatic rings. The minimum atomic E-state index is -0.0963. The number of rotatable bonds is 5. The molecule has 0 spiro atoms. The van der Waals surface area contributed by atoms with Crippen molar-refractivity contribution in [1.29, 1.82) is 0 Å². The number of likely N-dealkylation sites (N-methyl/N-ethyl adjacent to an activating group) is 1. The van der Waals surface area contributed by atoms with E-state index in [1.165, 1.54) is 22.2 Å². The van der Waals surface area contributed by atoms with E-state index in [4.69, 9.17) is 4.74 Å². The molecule has 5 rings (SSSR count). The van der Waals surface area contributed by atoms with Gasteiger partial charge in [0.1, 0.15) is 12.4 Å². The predicted octanol–water partition coefficient (Wildman–Crippen LogP) is 4.29. The molecular weight excluding hydrogens is 386 g/mol. The minimum Gasteiger partial charge on any atom is -0.489 e. The van der Waals surface area contributed by atoms with Crippen molar-refractivity contribution in [3.05, 3.63) is 94.0 Å². The molecule has 5 nitrogen and oxygen atoms in total. The fourth-order valence-corrected chi connectivity index (χ4v) is 4.52. The standard InChI is InChI=1S/C26H27N3O2/c1-3-28-13-12-23-22-10-9-20(15-24(22)27(2)25(23)17-28)29-14-11-21(16-26(29)30)31-18-19-7-5-4-6-8-19/h4-11,14-16H,3,12-13,17-18H2,1-2H3. The number of hydrogen-bond acceptors (Lipinski definition) is 3. The van der Waals surface area contributed by atoms with Gasteiger partial charge >= 0.3 is 0 Å². The number of aromatic nitrogens is 2. The summed E-state index contributed by atoms with van der Waals surface area (Å²) in [6.45, 7) is 5.82. The Morgan fingerprint density at radius 3 is 2.65 bits per heavy atom. The first-order valence-corrected chi connectivity index (χ1v) is 10.9. The third-order valence-corrected chi connectivity index (χ3v) is 6.34. The Bertz CT molecular complexity index is 1290. The average molecular weight is 414 g/mol. The lowest BCUT2D eigenvalue weighted by Crippen LogP contribution is -2.30. The summed E-state index contributed by atoms with van der Waals surface area (Å²) >= 11 is 0. The molecule has 0 saturated carbocycles. The number of nitrogens with zero attached hydrogens (tertiary/aromatic N) is 3. The molecule has 0 fully saturated rings. The lowest BCUT2D eigenvalue weighted by Gasteiger charge is -2.26. The molecule has 0 amide bonds. The molecule has 0 radical (unpaired) electrons. The van der Waals surface area contributed by atoms with Gasteiger partial charge in [0.05, 0.1) is 11.2 Å². The quantitative estimate of drug-likeness (QED) is 0.490. The highest BCUT2D eigenvalue weighted by Crippen LogP contribution is 2.31.